The smallest absolute Gasteiger partial charge is 0.241 e. The Bertz CT molecular complexity index is 614. The summed E-state index contributed by atoms with van der Waals surface area (Å²) in [7, 11) is 0. The number of nitrogen functional groups attached to an aromatic ring is 2. The average Bonchev–Trinajstić information content (AvgIpc) is 2.60. The molecule has 136 valence electrons. The van der Waals surface area contributed by atoms with Crippen molar-refractivity contribution < 1.29 is 9.47 Å². The number of hydrogen-bond donors (Lipinski definition) is 2. The minimum atomic E-state index is -0.336. The van der Waals surface area contributed by atoms with Gasteiger partial charge in [-0.15, -0.1) is 0 Å². The van der Waals surface area contributed by atoms with Gasteiger partial charge in [-0.2, -0.15) is 0 Å². The summed E-state index contributed by atoms with van der Waals surface area (Å²) in [6, 6.07) is 14.8. The Morgan fingerprint density at radius 2 is 1.44 bits per heavy atom. The Labute approximate surface area is 151 Å². The molecule has 0 aliphatic carbocycles. The fraction of sp³-hybridized carbons (Fsp3) is 0.429. The van der Waals surface area contributed by atoms with Gasteiger partial charge < -0.3 is 20.9 Å². The first kappa shape index (κ1) is 19.0. The Morgan fingerprint density at radius 3 is 2.16 bits per heavy atom. The molecule has 0 fully saturated rings. The molecule has 0 radical (unpaired) electrons. The molecule has 0 spiro atoms. The summed E-state index contributed by atoms with van der Waals surface area (Å²) in [4.78, 5) is 0. The molecule has 1 unspecified atom stereocenters. The van der Waals surface area contributed by atoms with E-state index in [1.165, 1.54) is 32.1 Å². The Morgan fingerprint density at radius 1 is 0.760 bits per heavy atom. The van der Waals surface area contributed by atoms with Crippen LogP contribution in [-0.4, -0.2) is 6.29 Å². The highest BCUT2D eigenvalue weighted by atomic mass is 16.7. The molecule has 2 aromatic carbocycles. The molecule has 4 heteroatoms. The van der Waals surface area contributed by atoms with Gasteiger partial charge in [0.1, 0.15) is 11.5 Å². The molecule has 1 atom stereocenters. The van der Waals surface area contributed by atoms with E-state index in [0.29, 0.717) is 5.69 Å². The van der Waals surface area contributed by atoms with Crippen molar-refractivity contribution in [3.05, 3.63) is 48.5 Å². The summed E-state index contributed by atoms with van der Waals surface area (Å²) in [6.07, 6.45) is 7.92. The van der Waals surface area contributed by atoms with E-state index in [9.17, 15) is 0 Å². The van der Waals surface area contributed by atoms with E-state index in [0.717, 1.165) is 30.0 Å². The van der Waals surface area contributed by atoms with Crippen LogP contribution in [-0.2, 0) is 0 Å². The van der Waals surface area contributed by atoms with Gasteiger partial charge in [0, 0.05) is 23.9 Å². The predicted molar refractivity (Wildman–Crippen MR) is 105 cm³/mol. The third-order valence-corrected chi connectivity index (χ3v) is 4.07. The van der Waals surface area contributed by atoms with Crippen LogP contribution < -0.4 is 20.9 Å². The van der Waals surface area contributed by atoms with Gasteiger partial charge in [0.15, 0.2) is 0 Å². The fourth-order valence-corrected chi connectivity index (χ4v) is 2.67. The molecule has 0 aliphatic heterocycles. The lowest BCUT2D eigenvalue weighted by molar-refractivity contribution is -0.00239. The molecule has 2 rings (SSSR count). The third kappa shape index (κ3) is 7.38. The van der Waals surface area contributed by atoms with Crippen LogP contribution in [0.5, 0.6) is 11.5 Å². The number of ether oxygens (including phenoxy) is 2. The van der Waals surface area contributed by atoms with Crippen molar-refractivity contribution in [2.75, 3.05) is 11.5 Å². The van der Waals surface area contributed by atoms with Crippen molar-refractivity contribution in [3.8, 4) is 11.5 Å². The lowest BCUT2D eigenvalue weighted by Crippen LogP contribution is -2.24. The molecular formula is C21H30N2O2. The van der Waals surface area contributed by atoms with Gasteiger partial charge in [0.05, 0.1) is 0 Å². The third-order valence-electron chi connectivity index (χ3n) is 4.07. The quantitative estimate of drug-likeness (QED) is 0.326. The van der Waals surface area contributed by atoms with Crippen LogP contribution in [0.3, 0.4) is 0 Å². The topological polar surface area (TPSA) is 70.5 Å². The van der Waals surface area contributed by atoms with E-state index in [1.54, 1.807) is 0 Å². The lowest BCUT2D eigenvalue weighted by Gasteiger charge is -2.21. The van der Waals surface area contributed by atoms with Gasteiger partial charge in [0.25, 0.3) is 0 Å². The molecule has 0 bridgehead atoms. The van der Waals surface area contributed by atoms with Crippen LogP contribution in [0.4, 0.5) is 11.4 Å². The molecule has 4 N–H and O–H groups in total. The van der Waals surface area contributed by atoms with E-state index in [1.807, 2.05) is 48.5 Å². The fourth-order valence-electron chi connectivity index (χ4n) is 2.67. The highest BCUT2D eigenvalue weighted by molar-refractivity contribution is 5.44. The van der Waals surface area contributed by atoms with Crippen molar-refractivity contribution in [3.63, 3.8) is 0 Å². The molecule has 0 amide bonds. The minimum absolute atomic E-state index is 0.336. The molecule has 4 nitrogen and oxygen atoms in total. The van der Waals surface area contributed by atoms with Crippen molar-refractivity contribution in [1.29, 1.82) is 0 Å². The summed E-state index contributed by atoms with van der Waals surface area (Å²) >= 11 is 0. The maximum atomic E-state index is 6.02. The Hall–Kier alpha value is -2.36. The van der Waals surface area contributed by atoms with Gasteiger partial charge in [-0.1, -0.05) is 45.1 Å². The summed E-state index contributed by atoms with van der Waals surface area (Å²) in [5, 5.41) is 0. The molecule has 0 saturated carbocycles. The maximum absolute atomic E-state index is 6.02. The molecule has 0 heterocycles. The normalized spacial score (nSPS) is 11.9. The van der Waals surface area contributed by atoms with Crippen molar-refractivity contribution in [2.24, 2.45) is 0 Å². The van der Waals surface area contributed by atoms with E-state index < -0.39 is 0 Å². The van der Waals surface area contributed by atoms with Crippen molar-refractivity contribution in [2.45, 2.75) is 58.2 Å². The zero-order valence-corrected chi connectivity index (χ0v) is 15.1. The number of anilines is 2. The van der Waals surface area contributed by atoms with E-state index in [-0.39, 0.29) is 6.29 Å². The standard InChI is InChI=1S/C21H30N2O2/c1-2-3-4-5-6-7-11-21(24-19-14-12-17(22)13-15-19)25-20-10-8-9-18(23)16-20/h8-10,12-16,21H,2-7,11,22-23H2,1H3. The Balaban J connectivity index is 1.91. The monoisotopic (exact) mass is 342 g/mol. The van der Waals surface area contributed by atoms with Crippen LogP contribution in [0.2, 0.25) is 0 Å². The number of hydrogen-bond acceptors (Lipinski definition) is 4. The van der Waals surface area contributed by atoms with E-state index >= 15 is 0 Å². The summed E-state index contributed by atoms with van der Waals surface area (Å²) in [6.45, 7) is 2.23. The average molecular weight is 342 g/mol. The molecule has 2 aromatic rings. The first-order valence-electron chi connectivity index (χ1n) is 9.22. The van der Waals surface area contributed by atoms with Gasteiger partial charge in [0.2, 0.25) is 6.29 Å². The highest BCUT2D eigenvalue weighted by Gasteiger charge is 2.13. The number of nitrogens with two attached hydrogens (primary N) is 2. The summed E-state index contributed by atoms with van der Waals surface area (Å²) < 4.78 is 12.0. The van der Waals surface area contributed by atoms with Crippen LogP contribution >= 0.6 is 0 Å². The van der Waals surface area contributed by atoms with Crippen LogP contribution in [0.15, 0.2) is 48.5 Å². The van der Waals surface area contributed by atoms with Crippen LogP contribution in [0.1, 0.15) is 51.9 Å². The van der Waals surface area contributed by atoms with E-state index in [2.05, 4.69) is 6.92 Å². The molecule has 0 aliphatic rings. The van der Waals surface area contributed by atoms with Crippen molar-refractivity contribution in [1.82, 2.24) is 0 Å². The molecular weight excluding hydrogens is 312 g/mol. The van der Waals surface area contributed by atoms with Crippen LogP contribution in [0.25, 0.3) is 0 Å². The SMILES string of the molecule is CCCCCCCCC(Oc1ccc(N)cc1)Oc1cccc(N)c1. The van der Waals surface area contributed by atoms with Crippen molar-refractivity contribution >= 4 is 11.4 Å². The first-order chi connectivity index (χ1) is 12.2. The zero-order valence-electron chi connectivity index (χ0n) is 15.1. The second-order valence-corrected chi connectivity index (χ2v) is 6.36. The van der Waals surface area contributed by atoms with Gasteiger partial charge in [-0.05, 0) is 42.8 Å². The van der Waals surface area contributed by atoms with Crippen LogP contribution in [0, 0.1) is 0 Å². The molecule has 0 aromatic heterocycles. The maximum Gasteiger partial charge on any atom is 0.241 e. The first-order valence-corrected chi connectivity index (χ1v) is 9.22. The number of rotatable bonds is 11. The summed E-state index contributed by atoms with van der Waals surface area (Å²) in [5.41, 5.74) is 13.0. The molecule has 0 saturated heterocycles. The second-order valence-electron chi connectivity index (χ2n) is 6.36. The van der Waals surface area contributed by atoms with E-state index in [4.69, 9.17) is 20.9 Å². The van der Waals surface area contributed by atoms with Gasteiger partial charge in [-0.3, -0.25) is 0 Å². The molecule has 25 heavy (non-hydrogen) atoms. The predicted octanol–water partition coefficient (Wildman–Crippen LogP) is 5.39. The Kier molecular flexibility index (Phi) is 7.96. The largest absolute Gasteiger partial charge is 0.455 e. The highest BCUT2D eigenvalue weighted by Crippen LogP contribution is 2.22. The lowest BCUT2D eigenvalue weighted by atomic mass is 10.1. The zero-order chi connectivity index (χ0) is 17.9. The minimum Gasteiger partial charge on any atom is -0.455 e. The summed E-state index contributed by atoms with van der Waals surface area (Å²) in [5.74, 6) is 1.49. The van der Waals surface area contributed by atoms with Gasteiger partial charge >= 0.3 is 0 Å². The van der Waals surface area contributed by atoms with Gasteiger partial charge in [-0.25, -0.2) is 0 Å². The number of unbranched alkanes of at least 4 members (excludes halogenated alkanes) is 5. The number of benzene rings is 2. The second kappa shape index (κ2) is 10.5.